The molecule has 1 aromatic carbocycles. The lowest BCUT2D eigenvalue weighted by atomic mass is 10.1. The lowest BCUT2D eigenvalue weighted by Gasteiger charge is -1.98. The molecule has 0 unspecified atom stereocenters. The van der Waals surface area contributed by atoms with E-state index >= 15 is 0 Å². The number of carboxylic acid groups (broad SMARTS) is 1. The summed E-state index contributed by atoms with van der Waals surface area (Å²) in [5.41, 5.74) is 0.958. The van der Waals surface area contributed by atoms with Gasteiger partial charge in [-0.05, 0) is 30.3 Å². The maximum atomic E-state index is 12.9. The van der Waals surface area contributed by atoms with Crippen LogP contribution in [0.15, 0.2) is 42.6 Å². The standard InChI is InChI=1S/C14H9FN2O3/c15-9-3-1-8(2-4-9)13-12(14(19)20)11-7-10(18)5-6-17(11)16-13/h1-7,18H,(H,19,20). The summed E-state index contributed by atoms with van der Waals surface area (Å²) in [6.45, 7) is 0. The van der Waals surface area contributed by atoms with Gasteiger partial charge in [0.2, 0.25) is 0 Å². The summed E-state index contributed by atoms with van der Waals surface area (Å²) in [5.74, 6) is -1.62. The maximum Gasteiger partial charge on any atom is 0.340 e. The van der Waals surface area contributed by atoms with Crippen LogP contribution in [-0.2, 0) is 0 Å². The molecule has 5 nitrogen and oxygen atoms in total. The van der Waals surface area contributed by atoms with Crippen LogP contribution >= 0.6 is 0 Å². The number of pyridine rings is 1. The first-order chi connectivity index (χ1) is 9.56. The van der Waals surface area contributed by atoms with Crippen molar-refractivity contribution in [3.05, 3.63) is 54.0 Å². The summed E-state index contributed by atoms with van der Waals surface area (Å²) >= 11 is 0. The van der Waals surface area contributed by atoms with E-state index in [0.29, 0.717) is 5.56 Å². The molecule has 0 radical (unpaired) electrons. The molecular weight excluding hydrogens is 263 g/mol. The van der Waals surface area contributed by atoms with Gasteiger partial charge in [0.1, 0.15) is 22.8 Å². The van der Waals surface area contributed by atoms with E-state index in [0.717, 1.165) is 0 Å². The molecule has 0 saturated heterocycles. The molecule has 6 heteroatoms. The van der Waals surface area contributed by atoms with E-state index in [4.69, 9.17) is 0 Å². The zero-order valence-electron chi connectivity index (χ0n) is 10.1. The Morgan fingerprint density at radius 2 is 1.90 bits per heavy atom. The van der Waals surface area contributed by atoms with Crippen molar-refractivity contribution >= 4 is 11.5 Å². The molecule has 0 amide bonds. The second kappa shape index (κ2) is 4.34. The number of nitrogens with zero attached hydrogens (tertiary/aromatic N) is 2. The first-order valence-electron chi connectivity index (χ1n) is 5.77. The number of benzene rings is 1. The predicted molar refractivity (Wildman–Crippen MR) is 69.2 cm³/mol. The number of hydrogen-bond acceptors (Lipinski definition) is 3. The third kappa shape index (κ3) is 1.87. The Balaban J connectivity index is 2.32. The molecule has 100 valence electrons. The smallest absolute Gasteiger partial charge is 0.340 e. The summed E-state index contributed by atoms with van der Waals surface area (Å²) in [4.78, 5) is 11.4. The van der Waals surface area contributed by atoms with Gasteiger partial charge in [-0.25, -0.2) is 13.7 Å². The van der Waals surface area contributed by atoms with Gasteiger partial charge in [0, 0.05) is 17.8 Å². The van der Waals surface area contributed by atoms with Crippen LogP contribution in [0.2, 0.25) is 0 Å². The molecule has 0 fully saturated rings. The first kappa shape index (κ1) is 12.2. The molecular formula is C14H9FN2O3. The van der Waals surface area contributed by atoms with Crippen molar-refractivity contribution in [2.45, 2.75) is 0 Å². The number of hydrogen-bond donors (Lipinski definition) is 2. The summed E-state index contributed by atoms with van der Waals surface area (Å²) in [6, 6.07) is 8.13. The average Bonchev–Trinajstić information content (AvgIpc) is 2.78. The van der Waals surface area contributed by atoms with Crippen molar-refractivity contribution in [2.24, 2.45) is 0 Å². The van der Waals surface area contributed by atoms with Crippen LogP contribution in [0, 0.1) is 5.82 Å². The molecule has 20 heavy (non-hydrogen) atoms. The number of halogens is 1. The highest BCUT2D eigenvalue weighted by molar-refractivity contribution is 6.02. The normalized spacial score (nSPS) is 10.8. The Morgan fingerprint density at radius 1 is 1.20 bits per heavy atom. The van der Waals surface area contributed by atoms with E-state index < -0.39 is 11.8 Å². The second-order valence-electron chi connectivity index (χ2n) is 4.25. The number of carbonyl (C=O) groups is 1. The topological polar surface area (TPSA) is 74.8 Å². The van der Waals surface area contributed by atoms with Gasteiger partial charge in [-0.2, -0.15) is 5.10 Å². The molecule has 0 atom stereocenters. The van der Waals surface area contributed by atoms with Crippen LogP contribution in [0.1, 0.15) is 10.4 Å². The van der Waals surface area contributed by atoms with Crippen molar-refractivity contribution in [1.29, 1.82) is 0 Å². The van der Waals surface area contributed by atoms with E-state index in [1.54, 1.807) is 0 Å². The van der Waals surface area contributed by atoms with Crippen LogP contribution in [0.25, 0.3) is 16.8 Å². The van der Waals surface area contributed by atoms with Crippen LogP contribution < -0.4 is 0 Å². The highest BCUT2D eigenvalue weighted by Crippen LogP contribution is 2.28. The predicted octanol–water partition coefficient (Wildman–Crippen LogP) is 2.54. The molecule has 0 aliphatic rings. The van der Waals surface area contributed by atoms with Crippen LogP contribution in [0.3, 0.4) is 0 Å². The molecule has 0 bridgehead atoms. The zero-order valence-corrected chi connectivity index (χ0v) is 10.1. The highest BCUT2D eigenvalue weighted by atomic mass is 19.1. The molecule has 0 aliphatic carbocycles. The number of carboxylic acids is 1. The molecule has 0 spiro atoms. The van der Waals surface area contributed by atoms with Crippen molar-refractivity contribution in [3.63, 3.8) is 0 Å². The highest BCUT2D eigenvalue weighted by Gasteiger charge is 2.20. The minimum absolute atomic E-state index is 0.0347. The summed E-state index contributed by atoms with van der Waals surface area (Å²) < 4.78 is 14.3. The Morgan fingerprint density at radius 3 is 2.55 bits per heavy atom. The minimum atomic E-state index is -1.16. The summed E-state index contributed by atoms with van der Waals surface area (Å²) in [6.07, 6.45) is 1.46. The van der Waals surface area contributed by atoms with Crippen LogP contribution in [0.4, 0.5) is 4.39 Å². The van der Waals surface area contributed by atoms with Gasteiger partial charge in [-0.15, -0.1) is 0 Å². The number of fused-ring (bicyclic) bond motifs is 1. The van der Waals surface area contributed by atoms with E-state index in [1.807, 2.05) is 0 Å². The van der Waals surface area contributed by atoms with Gasteiger partial charge in [0.05, 0.1) is 5.52 Å². The fraction of sp³-hybridized carbons (Fsp3) is 0. The second-order valence-corrected chi connectivity index (χ2v) is 4.25. The van der Waals surface area contributed by atoms with Gasteiger partial charge in [-0.1, -0.05) is 0 Å². The quantitative estimate of drug-likeness (QED) is 0.751. The van der Waals surface area contributed by atoms with E-state index in [-0.39, 0.29) is 22.5 Å². The SMILES string of the molecule is O=C(O)c1c(-c2ccc(F)cc2)nn2ccc(O)cc12. The fourth-order valence-electron chi connectivity index (χ4n) is 2.06. The van der Waals surface area contributed by atoms with Gasteiger partial charge < -0.3 is 10.2 Å². The molecule has 3 aromatic rings. The van der Waals surface area contributed by atoms with E-state index in [1.165, 1.54) is 47.1 Å². The van der Waals surface area contributed by atoms with Crippen LogP contribution in [-0.4, -0.2) is 25.8 Å². The number of rotatable bonds is 2. The van der Waals surface area contributed by atoms with Crippen LogP contribution in [0.5, 0.6) is 5.75 Å². The number of aromatic nitrogens is 2. The monoisotopic (exact) mass is 272 g/mol. The minimum Gasteiger partial charge on any atom is -0.508 e. The Bertz CT molecular complexity index is 809. The Hall–Kier alpha value is -2.89. The van der Waals surface area contributed by atoms with Gasteiger partial charge in [-0.3, -0.25) is 0 Å². The van der Waals surface area contributed by atoms with Crippen molar-refractivity contribution in [3.8, 4) is 17.0 Å². The first-order valence-corrected chi connectivity index (χ1v) is 5.77. The largest absolute Gasteiger partial charge is 0.508 e. The summed E-state index contributed by atoms with van der Waals surface area (Å²) in [7, 11) is 0. The van der Waals surface area contributed by atoms with Gasteiger partial charge >= 0.3 is 5.97 Å². The molecule has 3 rings (SSSR count). The third-order valence-electron chi connectivity index (χ3n) is 2.95. The maximum absolute atomic E-state index is 12.9. The molecule has 2 heterocycles. The third-order valence-corrected chi connectivity index (χ3v) is 2.95. The van der Waals surface area contributed by atoms with E-state index in [9.17, 15) is 19.4 Å². The fourth-order valence-corrected chi connectivity index (χ4v) is 2.06. The Labute approximate surface area is 112 Å². The number of aromatic hydroxyl groups is 1. The molecule has 2 N–H and O–H groups in total. The van der Waals surface area contributed by atoms with Gasteiger partial charge in [0.25, 0.3) is 0 Å². The van der Waals surface area contributed by atoms with Crippen molar-refractivity contribution in [1.82, 2.24) is 9.61 Å². The Kier molecular flexibility index (Phi) is 2.64. The van der Waals surface area contributed by atoms with Crippen molar-refractivity contribution < 1.29 is 19.4 Å². The lowest BCUT2D eigenvalue weighted by molar-refractivity contribution is 0.0700. The summed E-state index contributed by atoms with van der Waals surface area (Å²) in [5, 5.41) is 23.0. The average molecular weight is 272 g/mol. The molecule has 0 aliphatic heterocycles. The molecule has 0 saturated carbocycles. The van der Waals surface area contributed by atoms with Gasteiger partial charge in [0.15, 0.2) is 0 Å². The molecule has 2 aromatic heterocycles. The van der Waals surface area contributed by atoms with Crippen molar-refractivity contribution in [2.75, 3.05) is 0 Å². The lowest BCUT2D eigenvalue weighted by Crippen LogP contribution is -1.98. The number of aromatic carboxylic acids is 1. The zero-order chi connectivity index (χ0) is 14.3. The van der Waals surface area contributed by atoms with E-state index in [2.05, 4.69) is 5.10 Å².